The fourth-order valence-corrected chi connectivity index (χ4v) is 1.07. The zero-order chi connectivity index (χ0) is 13.8. The van der Waals surface area contributed by atoms with Gasteiger partial charge in [0, 0.05) is 0 Å². The Hall–Kier alpha value is -1.46. The number of hydrogen-bond acceptors (Lipinski definition) is 4. The molecule has 0 saturated heterocycles. The first-order chi connectivity index (χ1) is 8.56. The van der Waals surface area contributed by atoms with Crippen molar-refractivity contribution in [1.82, 2.24) is 0 Å². The van der Waals surface area contributed by atoms with E-state index in [1.165, 1.54) is 0 Å². The quantitative estimate of drug-likeness (QED) is 0.511. The van der Waals surface area contributed by atoms with Crippen molar-refractivity contribution < 1.29 is 19.1 Å². The van der Waals surface area contributed by atoms with Gasteiger partial charge in [-0.05, 0) is 12.3 Å². The molecule has 0 N–H and O–H groups in total. The highest BCUT2D eigenvalue weighted by Crippen LogP contribution is 2.00. The lowest BCUT2D eigenvalue weighted by Gasteiger charge is -2.02. The highest BCUT2D eigenvalue weighted by molar-refractivity contribution is 5.73. The zero-order valence-corrected chi connectivity index (χ0v) is 11.3. The average Bonchev–Trinajstić information content (AvgIpc) is 2.33. The summed E-state index contributed by atoms with van der Waals surface area (Å²) in [4.78, 5) is 22.0. The van der Waals surface area contributed by atoms with Gasteiger partial charge in [0.25, 0.3) is 0 Å². The lowest BCUT2D eigenvalue weighted by Crippen LogP contribution is -2.06. The van der Waals surface area contributed by atoms with Crippen LogP contribution in [0.4, 0.5) is 9.59 Å². The van der Waals surface area contributed by atoms with E-state index in [0.29, 0.717) is 6.61 Å². The van der Waals surface area contributed by atoms with Gasteiger partial charge < -0.3 is 9.47 Å². The second-order valence-electron chi connectivity index (χ2n) is 4.35. The van der Waals surface area contributed by atoms with Gasteiger partial charge in [-0.3, -0.25) is 0 Å². The predicted octanol–water partition coefficient (Wildman–Crippen LogP) is 3.95. The van der Waals surface area contributed by atoms with Crippen LogP contribution < -0.4 is 0 Å². The molecule has 0 aliphatic rings. The fraction of sp³-hybridized carbons (Fsp3) is 0.833. The van der Waals surface area contributed by atoms with Gasteiger partial charge in [-0.25, -0.2) is 9.59 Å². The number of ether oxygens (including phenoxy) is 2. The van der Waals surface area contributed by atoms with Crippen molar-refractivity contribution in [3.8, 4) is 0 Å². The number of carbonyl (C=O) groups is 2. The third-order valence-electron chi connectivity index (χ3n) is 1.98. The molecule has 18 heavy (non-hydrogen) atoms. The number of rotatable bonds is 7. The van der Waals surface area contributed by atoms with Gasteiger partial charge in [0.1, 0.15) is 0 Å². The van der Waals surface area contributed by atoms with Crippen molar-refractivity contribution in [1.29, 1.82) is 0 Å². The largest absolute Gasteiger partial charge is 0.452 e. The summed E-state index contributed by atoms with van der Waals surface area (Å²) < 4.78 is 9.46. The molecule has 0 unspecified atom stereocenters. The Morgan fingerprint density at radius 2 is 1.61 bits per heavy atom. The van der Waals surface area contributed by atoms with E-state index < -0.39 is 12.2 Å². The van der Waals surface area contributed by atoms with Crippen LogP contribution in [0.15, 0.2) is 10.2 Å². The van der Waals surface area contributed by atoms with Crippen molar-refractivity contribution in [3.05, 3.63) is 0 Å². The Morgan fingerprint density at radius 3 is 2.17 bits per heavy atom. The second kappa shape index (κ2) is 10.7. The van der Waals surface area contributed by atoms with Gasteiger partial charge in [-0.1, -0.05) is 50.3 Å². The molecule has 0 fully saturated rings. The fourth-order valence-electron chi connectivity index (χ4n) is 1.07. The topological polar surface area (TPSA) is 77.3 Å². The number of amides is 2. The summed E-state index contributed by atoms with van der Waals surface area (Å²) in [6.45, 7) is 6.45. The Balaban J connectivity index is 3.63. The first kappa shape index (κ1) is 16.5. The summed E-state index contributed by atoms with van der Waals surface area (Å²) in [6.07, 6.45) is 2.32. The maximum atomic E-state index is 11.0. The standard InChI is InChI=1S/C12H22N2O4/c1-4-5-6-7-8-17-11(15)13-14-12(16)18-9-10(2)3/h10H,4-9H2,1-3H3/b14-13+. The van der Waals surface area contributed by atoms with Crippen molar-refractivity contribution in [2.24, 2.45) is 16.1 Å². The van der Waals surface area contributed by atoms with Crippen molar-refractivity contribution in [2.45, 2.75) is 46.5 Å². The summed E-state index contributed by atoms with van der Waals surface area (Å²) in [5, 5.41) is 6.21. The third-order valence-corrected chi connectivity index (χ3v) is 1.98. The Labute approximate surface area is 108 Å². The normalized spacial score (nSPS) is 10.9. The summed E-state index contributed by atoms with van der Waals surface area (Å²) in [7, 11) is 0. The molecule has 0 rings (SSSR count). The first-order valence-corrected chi connectivity index (χ1v) is 6.31. The van der Waals surface area contributed by atoms with Gasteiger partial charge in [-0.15, -0.1) is 0 Å². The summed E-state index contributed by atoms with van der Waals surface area (Å²) in [5.74, 6) is 0.217. The Bertz CT molecular complexity index is 277. The molecule has 6 heteroatoms. The molecule has 0 aromatic rings. The minimum Gasteiger partial charge on any atom is -0.447 e. The maximum absolute atomic E-state index is 11.0. The molecule has 0 spiro atoms. The Kier molecular flexibility index (Phi) is 9.81. The number of nitrogens with zero attached hydrogens (tertiary/aromatic N) is 2. The molecule has 0 heterocycles. The monoisotopic (exact) mass is 258 g/mol. The van der Waals surface area contributed by atoms with E-state index >= 15 is 0 Å². The third kappa shape index (κ3) is 11.0. The van der Waals surface area contributed by atoms with Crippen molar-refractivity contribution in [3.63, 3.8) is 0 Å². The molecular weight excluding hydrogens is 236 g/mol. The summed E-state index contributed by atoms with van der Waals surface area (Å²) in [6, 6.07) is 0. The van der Waals surface area contributed by atoms with Crippen LogP contribution in [0.1, 0.15) is 46.5 Å². The lowest BCUT2D eigenvalue weighted by molar-refractivity contribution is 0.137. The van der Waals surface area contributed by atoms with Crippen LogP contribution in [-0.4, -0.2) is 25.4 Å². The summed E-state index contributed by atoms with van der Waals surface area (Å²) >= 11 is 0. The van der Waals surface area contributed by atoms with Crippen LogP contribution >= 0.6 is 0 Å². The zero-order valence-electron chi connectivity index (χ0n) is 11.3. The average molecular weight is 258 g/mol. The van der Waals surface area contributed by atoms with Crippen molar-refractivity contribution in [2.75, 3.05) is 13.2 Å². The number of carbonyl (C=O) groups excluding carboxylic acids is 2. The van der Waals surface area contributed by atoms with Crippen LogP contribution in [0.5, 0.6) is 0 Å². The molecule has 0 aliphatic carbocycles. The smallest absolute Gasteiger partial charge is 0.447 e. The molecule has 0 aromatic heterocycles. The van der Waals surface area contributed by atoms with Gasteiger partial charge in [-0.2, -0.15) is 0 Å². The summed E-state index contributed by atoms with van der Waals surface area (Å²) in [5.41, 5.74) is 0. The maximum Gasteiger partial charge on any atom is 0.452 e. The molecule has 0 aliphatic heterocycles. The van der Waals surface area contributed by atoms with Crippen LogP contribution in [0.3, 0.4) is 0 Å². The van der Waals surface area contributed by atoms with Gasteiger partial charge in [0.15, 0.2) is 0 Å². The van der Waals surface area contributed by atoms with E-state index in [9.17, 15) is 9.59 Å². The van der Waals surface area contributed by atoms with E-state index in [-0.39, 0.29) is 12.5 Å². The van der Waals surface area contributed by atoms with E-state index in [1.54, 1.807) is 0 Å². The molecule has 0 bridgehead atoms. The molecule has 0 saturated carbocycles. The van der Waals surface area contributed by atoms with Crippen LogP contribution in [0.25, 0.3) is 0 Å². The van der Waals surface area contributed by atoms with Crippen molar-refractivity contribution >= 4 is 12.2 Å². The number of azo groups is 1. The highest BCUT2D eigenvalue weighted by Gasteiger charge is 2.04. The van der Waals surface area contributed by atoms with Crippen LogP contribution in [-0.2, 0) is 9.47 Å². The lowest BCUT2D eigenvalue weighted by atomic mass is 10.2. The molecule has 2 amide bonds. The highest BCUT2D eigenvalue weighted by atomic mass is 16.6. The molecule has 0 radical (unpaired) electrons. The second-order valence-corrected chi connectivity index (χ2v) is 4.35. The molecule has 0 atom stereocenters. The number of hydrogen-bond donors (Lipinski definition) is 0. The van der Waals surface area contributed by atoms with Gasteiger partial charge in [0.05, 0.1) is 13.2 Å². The van der Waals surface area contributed by atoms with Crippen LogP contribution in [0.2, 0.25) is 0 Å². The number of unbranched alkanes of at least 4 members (excludes halogenated alkanes) is 3. The minimum atomic E-state index is -0.869. The van der Waals surface area contributed by atoms with Gasteiger partial charge in [0.2, 0.25) is 0 Å². The van der Waals surface area contributed by atoms with E-state index in [0.717, 1.165) is 25.7 Å². The van der Waals surface area contributed by atoms with E-state index in [2.05, 4.69) is 17.2 Å². The minimum absolute atomic E-state index is 0.217. The molecule has 6 nitrogen and oxygen atoms in total. The van der Waals surface area contributed by atoms with E-state index in [4.69, 9.17) is 9.47 Å². The SMILES string of the molecule is CCCCCCOC(=O)/N=N/C(=O)OCC(C)C. The molecular formula is C12H22N2O4. The molecule has 0 aromatic carbocycles. The molecule has 104 valence electrons. The first-order valence-electron chi connectivity index (χ1n) is 6.31. The predicted molar refractivity (Wildman–Crippen MR) is 66.5 cm³/mol. The van der Waals surface area contributed by atoms with E-state index in [1.807, 2.05) is 13.8 Å². The van der Waals surface area contributed by atoms with Crippen LogP contribution in [0, 0.1) is 5.92 Å². The Morgan fingerprint density at radius 1 is 1.00 bits per heavy atom. The van der Waals surface area contributed by atoms with Gasteiger partial charge >= 0.3 is 12.2 Å².